The number of anilines is 2. The highest BCUT2D eigenvalue weighted by atomic mass is 79.9. The van der Waals surface area contributed by atoms with Gasteiger partial charge in [0.25, 0.3) is 17.7 Å². The van der Waals surface area contributed by atoms with Crippen LogP contribution < -0.4 is 16.0 Å². The highest BCUT2D eigenvalue weighted by Gasteiger charge is 2.11. The van der Waals surface area contributed by atoms with Crippen LogP contribution in [0.15, 0.2) is 155 Å². The number of nitrogens with zero attached hydrogens (tertiary/aromatic N) is 1. The first-order valence-corrected chi connectivity index (χ1v) is 18.9. The van der Waals surface area contributed by atoms with E-state index in [0.717, 1.165) is 42.6 Å². The molecule has 9 nitrogen and oxygen atoms in total. The molecule has 6 rings (SSSR count). The third-order valence-electron chi connectivity index (χ3n) is 8.01. The van der Waals surface area contributed by atoms with Crippen LogP contribution in [-0.2, 0) is 4.74 Å². The van der Waals surface area contributed by atoms with Gasteiger partial charge >= 0.3 is 5.97 Å². The van der Waals surface area contributed by atoms with E-state index in [1.54, 1.807) is 55.4 Å². The van der Waals surface area contributed by atoms with E-state index in [1.165, 1.54) is 7.11 Å². The van der Waals surface area contributed by atoms with Gasteiger partial charge in [0.15, 0.2) is 0 Å². The predicted molar refractivity (Wildman–Crippen MR) is 232 cm³/mol. The van der Waals surface area contributed by atoms with Crippen molar-refractivity contribution in [3.8, 4) is 22.3 Å². The zero-order valence-electron chi connectivity index (χ0n) is 31.6. The lowest BCUT2D eigenvalue weighted by atomic mass is 10.0. The number of carbonyl (C=O) groups excluding carboxylic acids is 4. The molecule has 0 aliphatic heterocycles. The fourth-order valence-electron chi connectivity index (χ4n) is 5.08. The van der Waals surface area contributed by atoms with Gasteiger partial charge in [-0.3, -0.25) is 14.4 Å². The normalized spacial score (nSPS) is 10.1. The largest absolute Gasteiger partial charge is 0.465 e. The second-order valence-corrected chi connectivity index (χ2v) is 14.3. The van der Waals surface area contributed by atoms with Gasteiger partial charge < -0.3 is 25.6 Å². The standard InChI is InChI=1S/C22H19BrN2O2.C21H16BrNO3.C2H7N/c1-25(2)22(27)18-9-5-16(6-10-18)15-3-7-17(8-4-15)21(26)24-20-13-11-19(23)12-14-20;1-26-21(25)17-8-4-15(5-9-17)14-2-6-16(7-3-14)20(24)23-19-12-10-18(22)11-13-19;1-3-2/h3-14H,1-2H3,(H,24,26);2-13H,1H3,(H,23,24);3H,1-2H3. The third-order valence-corrected chi connectivity index (χ3v) is 9.07. The van der Waals surface area contributed by atoms with E-state index in [2.05, 4.69) is 47.8 Å². The highest BCUT2D eigenvalue weighted by Crippen LogP contribution is 2.23. The fourth-order valence-corrected chi connectivity index (χ4v) is 5.61. The molecule has 11 heteroatoms. The van der Waals surface area contributed by atoms with Crippen LogP contribution in [0.25, 0.3) is 22.3 Å². The van der Waals surface area contributed by atoms with Crippen LogP contribution in [0.3, 0.4) is 0 Å². The number of benzene rings is 6. The molecule has 286 valence electrons. The van der Waals surface area contributed by atoms with Crippen molar-refractivity contribution < 1.29 is 23.9 Å². The van der Waals surface area contributed by atoms with E-state index >= 15 is 0 Å². The van der Waals surface area contributed by atoms with Crippen LogP contribution in [0, 0.1) is 0 Å². The van der Waals surface area contributed by atoms with Crippen LogP contribution >= 0.6 is 31.9 Å². The Kier molecular flexibility index (Phi) is 16.3. The molecular formula is C45H42Br2N4O5. The van der Waals surface area contributed by atoms with Crippen molar-refractivity contribution in [2.24, 2.45) is 0 Å². The van der Waals surface area contributed by atoms with Gasteiger partial charge in [-0.05, 0) is 133 Å². The Balaban J connectivity index is 0.000000233. The quantitative estimate of drug-likeness (QED) is 0.131. The molecule has 0 saturated carbocycles. The lowest BCUT2D eigenvalue weighted by Gasteiger charge is -2.11. The van der Waals surface area contributed by atoms with Crippen LogP contribution in [0.2, 0.25) is 0 Å². The number of hydrogen-bond acceptors (Lipinski definition) is 6. The molecule has 0 aliphatic carbocycles. The van der Waals surface area contributed by atoms with Crippen LogP contribution in [0.5, 0.6) is 0 Å². The van der Waals surface area contributed by atoms with Crippen molar-refractivity contribution in [1.82, 2.24) is 10.2 Å². The van der Waals surface area contributed by atoms with E-state index < -0.39 is 0 Å². The highest BCUT2D eigenvalue weighted by molar-refractivity contribution is 9.10. The van der Waals surface area contributed by atoms with Crippen molar-refractivity contribution in [3.63, 3.8) is 0 Å². The molecule has 0 unspecified atom stereocenters. The first-order chi connectivity index (χ1) is 26.9. The number of halogens is 2. The summed E-state index contributed by atoms with van der Waals surface area (Å²) in [4.78, 5) is 49.7. The summed E-state index contributed by atoms with van der Waals surface area (Å²) in [7, 11) is 8.57. The zero-order chi connectivity index (χ0) is 40.6. The SMILES string of the molecule is CN(C)C(=O)c1ccc(-c2ccc(C(=O)Nc3ccc(Br)cc3)cc2)cc1.CNC.COC(=O)c1ccc(-c2ccc(C(=O)Nc3ccc(Br)cc3)cc2)cc1. The maximum Gasteiger partial charge on any atom is 0.337 e. The summed E-state index contributed by atoms with van der Waals surface area (Å²) in [6.45, 7) is 0. The number of esters is 1. The molecule has 0 radical (unpaired) electrons. The molecule has 0 bridgehead atoms. The molecular weight excluding hydrogens is 836 g/mol. The Morgan fingerprint density at radius 1 is 0.464 bits per heavy atom. The van der Waals surface area contributed by atoms with Crippen LogP contribution in [-0.4, -0.2) is 63.9 Å². The van der Waals surface area contributed by atoms with Gasteiger partial charge in [-0.25, -0.2) is 4.79 Å². The number of methoxy groups -OCH3 is 1. The van der Waals surface area contributed by atoms with Gasteiger partial charge in [-0.2, -0.15) is 0 Å². The summed E-state index contributed by atoms with van der Waals surface area (Å²) >= 11 is 6.74. The molecule has 6 aromatic carbocycles. The van der Waals surface area contributed by atoms with Gasteiger partial charge in [0.05, 0.1) is 12.7 Å². The average Bonchev–Trinajstić information content (AvgIpc) is 3.22. The topological polar surface area (TPSA) is 117 Å². The maximum absolute atomic E-state index is 12.4. The van der Waals surface area contributed by atoms with E-state index in [9.17, 15) is 19.2 Å². The molecule has 0 heterocycles. The number of hydrogen-bond donors (Lipinski definition) is 3. The summed E-state index contributed by atoms with van der Waals surface area (Å²) in [6.07, 6.45) is 0. The van der Waals surface area contributed by atoms with Crippen molar-refractivity contribution in [1.29, 1.82) is 0 Å². The minimum atomic E-state index is -0.364. The lowest BCUT2D eigenvalue weighted by molar-refractivity contribution is 0.0600. The molecule has 0 fully saturated rings. The van der Waals surface area contributed by atoms with E-state index in [0.29, 0.717) is 22.3 Å². The van der Waals surface area contributed by atoms with Gasteiger partial charge in [0.2, 0.25) is 0 Å². The summed E-state index contributed by atoms with van der Waals surface area (Å²) in [5.74, 6) is -0.714. The van der Waals surface area contributed by atoms with Crippen LogP contribution in [0.4, 0.5) is 11.4 Å². The van der Waals surface area contributed by atoms with Crippen molar-refractivity contribution >= 4 is 66.9 Å². The Morgan fingerprint density at radius 3 is 1.04 bits per heavy atom. The average molecular weight is 879 g/mol. The van der Waals surface area contributed by atoms with E-state index in [-0.39, 0.29) is 23.7 Å². The summed E-state index contributed by atoms with van der Waals surface area (Å²) < 4.78 is 6.61. The second kappa shape index (κ2) is 21.3. The lowest BCUT2D eigenvalue weighted by Crippen LogP contribution is -2.21. The van der Waals surface area contributed by atoms with Crippen molar-refractivity contribution in [2.45, 2.75) is 0 Å². The maximum atomic E-state index is 12.4. The molecule has 3 amide bonds. The smallest absolute Gasteiger partial charge is 0.337 e. The third kappa shape index (κ3) is 12.6. The molecule has 56 heavy (non-hydrogen) atoms. The summed E-state index contributed by atoms with van der Waals surface area (Å²) in [6, 6.07) is 44.1. The predicted octanol–water partition coefficient (Wildman–Crippen LogP) is 10.1. The Labute approximate surface area is 344 Å². The van der Waals surface area contributed by atoms with Gasteiger partial charge in [0.1, 0.15) is 0 Å². The molecule has 0 atom stereocenters. The fraction of sp³-hybridized carbons (Fsp3) is 0.111. The van der Waals surface area contributed by atoms with Crippen LogP contribution in [0.1, 0.15) is 41.4 Å². The first kappa shape index (κ1) is 42.9. The number of amides is 3. The first-order valence-electron chi connectivity index (χ1n) is 17.4. The molecule has 0 saturated heterocycles. The molecule has 0 spiro atoms. The Bertz CT molecular complexity index is 2210. The van der Waals surface area contributed by atoms with Gasteiger partial charge in [0, 0.05) is 51.1 Å². The Hall–Kier alpha value is -5.88. The monoisotopic (exact) mass is 876 g/mol. The Morgan fingerprint density at radius 2 is 0.750 bits per heavy atom. The number of carbonyl (C=O) groups is 4. The van der Waals surface area contributed by atoms with E-state index in [4.69, 9.17) is 4.74 Å². The van der Waals surface area contributed by atoms with Gasteiger partial charge in [-0.1, -0.05) is 80.4 Å². The number of nitrogens with one attached hydrogen (secondary N) is 3. The number of rotatable bonds is 8. The molecule has 6 aromatic rings. The second-order valence-electron chi connectivity index (χ2n) is 12.4. The molecule has 3 N–H and O–H groups in total. The molecule has 0 aliphatic rings. The van der Waals surface area contributed by atoms with Crippen molar-refractivity contribution in [2.75, 3.05) is 45.9 Å². The van der Waals surface area contributed by atoms with E-state index in [1.807, 2.05) is 123 Å². The molecule has 0 aromatic heterocycles. The zero-order valence-corrected chi connectivity index (χ0v) is 34.8. The minimum absolute atomic E-state index is 0.0264. The summed E-state index contributed by atoms with van der Waals surface area (Å²) in [5.41, 5.74) is 7.68. The van der Waals surface area contributed by atoms with Gasteiger partial charge in [-0.15, -0.1) is 0 Å². The number of ether oxygens (including phenoxy) is 1. The van der Waals surface area contributed by atoms with Crippen molar-refractivity contribution in [3.05, 3.63) is 177 Å². The summed E-state index contributed by atoms with van der Waals surface area (Å²) in [5, 5.41) is 8.48. The minimum Gasteiger partial charge on any atom is -0.465 e.